The highest BCUT2D eigenvalue weighted by atomic mass is 16.5. The van der Waals surface area contributed by atoms with Crippen LogP contribution in [0.25, 0.3) is 0 Å². The maximum Gasteiger partial charge on any atom is 0.317 e. The number of carbonyl (C=O) groups excluding carboxylic acids is 1. The van der Waals surface area contributed by atoms with Crippen LogP contribution in [0.1, 0.15) is 24.6 Å². The van der Waals surface area contributed by atoms with E-state index in [1.54, 1.807) is 13.1 Å². The first-order valence-corrected chi connectivity index (χ1v) is 4.79. The minimum absolute atomic E-state index is 0.127. The van der Waals surface area contributed by atoms with Crippen molar-refractivity contribution >= 4 is 5.97 Å². The van der Waals surface area contributed by atoms with Crippen LogP contribution in [0.5, 0.6) is 0 Å². The predicted octanol–water partition coefficient (Wildman–Crippen LogP) is 1.69. The van der Waals surface area contributed by atoms with Crippen LogP contribution in [0.2, 0.25) is 0 Å². The SMILES string of the molecule is CCOC(=O)CC#Cc1ccc(C)nc1. The van der Waals surface area contributed by atoms with Gasteiger partial charge < -0.3 is 4.74 Å². The highest BCUT2D eigenvalue weighted by Gasteiger charge is 1.95. The first-order valence-electron chi connectivity index (χ1n) is 4.79. The summed E-state index contributed by atoms with van der Waals surface area (Å²) in [6.45, 7) is 4.08. The maximum atomic E-state index is 10.9. The molecule has 0 amide bonds. The Labute approximate surface area is 89.5 Å². The van der Waals surface area contributed by atoms with Gasteiger partial charge in [-0.05, 0) is 26.0 Å². The molecule has 3 heteroatoms. The number of aryl methyl sites for hydroxylation is 1. The monoisotopic (exact) mass is 203 g/mol. The van der Waals surface area contributed by atoms with E-state index in [1.165, 1.54) is 0 Å². The molecule has 0 fully saturated rings. The van der Waals surface area contributed by atoms with Crippen LogP contribution < -0.4 is 0 Å². The third kappa shape index (κ3) is 4.28. The van der Waals surface area contributed by atoms with Crippen molar-refractivity contribution in [3.63, 3.8) is 0 Å². The summed E-state index contributed by atoms with van der Waals surface area (Å²) in [4.78, 5) is 15.0. The molecule has 1 aromatic heterocycles. The lowest BCUT2D eigenvalue weighted by Crippen LogP contribution is -2.01. The molecular weight excluding hydrogens is 190 g/mol. The normalized spacial score (nSPS) is 8.93. The van der Waals surface area contributed by atoms with Gasteiger partial charge in [-0.25, -0.2) is 0 Å². The summed E-state index contributed by atoms with van der Waals surface area (Å²) in [6.07, 6.45) is 1.81. The number of ether oxygens (including phenoxy) is 1. The van der Waals surface area contributed by atoms with Crippen LogP contribution in [-0.4, -0.2) is 17.6 Å². The molecule has 0 radical (unpaired) electrons. The van der Waals surface area contributed by atoms with Crippen molar-refractivity contribution in [3.05, 3.63) is 29.6 Å². The number of aromatic nitrogens is 1. The lowest BCUT2D eigenvalue weighted by atomic mass is 10.2. The molecule has 0 aliphatic carbocycles. The number of rotatable bonds is 2. The summed E-state index contributed by atoms with van der Waals surface area (Å²) >= 11 is 0. The Hall–Kier alpha value is -1.82. The second-order valence-electron chi connectivity index (χ2n) is 2.97. The van der Waals surface area contributed by atoms with Crippen molar-refractivity contribution in [1.82, 2.24) is 4.98 Å². The van der Waals surface area contributed by atoms with E-state index in [4.69, 9.17) is 4.74 Å². The maximum absolute atomic E-state index is 10.9. The zero-order valence-corrected chi connectivity index (χ0v) is 8.91. The number of esters is 1. The van der Waals surface area contributed by atoms with Gasteiger partial charge in [-0.2, -0.15) is 0 Å². The summed E-state index contributed by atoms with van der Waals surface area (Å²) in [5.41, 5.74) is 1.76. The average molecular weight is 203 g/mol. The summed E-state index contributed by atoms with van der Waals surface area (Å²) in [7, 11) is 0. The van der Waals surface area contributed by atoms with Crippen molar-refractivity contribution in [2.24, 2.45) is 0 Å². The Kier molecular flexibility index (Phi) is 4.36. The Bertz CT molecular complexity index is 384. The predicted molar refractivity (Wildman–Crippen MR) is 57.1 cm³/mol. The largest absolute Gasteiger partial charge is 0.465 e. The number of nitrogens with zero attached hydrogens (tertiary/aromatic N) is 1. The van der Waals surface area contributed by atoms with E-state index >= 15 is 0 Å². The van der Waals surface area contributed by atoms with Gasteiger partial charge in [0.15, 0.2) is 0 Å². The van der Waals surface area contributed by atoms with E-state index < -0.39 is 0 Å². The Morgan fingerprint density at radius 1 is 1.53 bits per heavy atom. The summed E-state index contributed by atoms with van der Waals surface area (Å²) < 4.78 is 4.74. The highest BCUT2D eigenvalue weighted by Crippen LogP contribution is 1.96. The molecule has 0 bridgehead atoms. The summed E-state index contributed by atoms with van der Waals surface area (Å²) in [6, 6.07) is 3.76. The fourth-order valence-corrected chi connectivity index (χ4v) is 0.972. The summed E-state index contributed by atoms with van der Waals surface area (Å²) in [5.74, 6) is 5.30. The van der Waals surface area contributed by atoms with E-state index in [2.05, 4.69) is 16.8 Å². The fourth-order valence-electron chi connectivity index (χ4n) is 0.972. The van der Waals surface area contributed by atoms with Gasteiger partial charge in [0.05, 0.1) is 6.61 Å². The molecule has 0 spiro atoms. The number of carbonyl (C=O) groups is 1. The molecule has 78 valence electrons. The van der Waals surface area contributed by atoms with Gasteiger partial charge in [0.25, 0.3) is 0 Å². The molecule has 0 atom stereocenters. The number of hydrogen-bond donors (Lipinski definition) is 0. The second-order valence-corrected chi connectivity index (χ2v) is 2.97. The zero-order chi connectivity index (χ0) is 11.1. The van der Waals surface area contributed by atoms with Gasteiger partial charge in [-0.15, -0.1) is 0 Å². The quantitative estimate of drug-likeness (QED) is 0.542. The van der Waals surface area contributed by atoms with Crippen molar-refractivity contribution in [3.8, 4) is 11.8 Å². The highest BCUT2D eigenvalue weighted by molar-refractivity contribution is 5.72. The van der Waals surface area contributed by atoms with Gasteiger partial charge >= 0.3 is 5.97 Å². The molecule has 15 heavy (non-hydrogen) atoms. The molecule has 1 heterocycles. The third-order valence-corrected chi connectivity index (χ3v) is 1.68. The van der Waals surface area contributed by atoms with E-state index in [1.807, 2.05) is 19.1 Å². The van der Waals surface area contributed by atoms with Crippen molar-refractivity contribution < 1.29 is 9.53 Å². The molecule has 1 aromatic rings. The molecule has 0 unspecified atom stereocenters. The molecule has 0 N–H and O–H groups in total. The molecule has 3 nitrogen and oxygen atoms in total. The number of hydrogen-bond acceptors (Lipinski definition) is 3. The minimum Gasteiger partial charge on any atom is -0.465 e. The Morgan fingerprint density at radius 2 is 2.33 bits per heavy atom. The van der Waals surface area contributed by atoms with E-state index in [0.29, 0.717) is 6.61 Å². The standard InChI is InChI=1S/C12H13NO2/c1-3-15-12(14)6-4-5-11-8-7-10(2)13-9-11/h7-9H,3,6H2,1-2H3. The topological polar surface area (TPSA) is 39.2 Å². The van der Waals surface area contributed by atoms with Gasteiger partial charge in [0.1, 0.15) is 6.42 Å². The molecule has 0 aromatic carbocycles. The zero-order valence-electron chi connectivity index (χ0n) is 8.91. The molecule has 0 saturated carbocycles. The molecule has 0 aliphatic heterocycles. The molecule has 0 saturated heterocycles. The van der Waals surface area contributed by atoms with E-state index in [-0.39, 0.29) is 12.4 Å². The lowest BCUT2D eigenvalue weighted by Gasteiger charge is -1.94. The van der Waals surface area contributed by atoms with Crippen LogP contribution in [-0.2, 0) is 9.53 Å². The first-order chi connectivity index (χ1) is 7.22. The number of pyridine rings is 1. The van der Waals surface area contributed by atoms with Gasteiger partial charge in [-0.3, -0.25) is 9.78 Å². The van der Waals surface area contributed by atoms with Gasteiger partial charge in [0.2, 0.25) is 0 Å². The van der Waals surface area contributed by atoms with E-state index in [9.17, 15) is 4.79 Å². The van der Waals surface area contributed by atoms with Crippen LogP contribution in [0.4, 0.5) is 0 Å². The van der Waals surface area contributed by atoms with Crippen molar-refractivity contribution in [2.45, 2.75) is 20.3 Å². The van der Waals surface area contributed by atoms with E-state index in [0.717, 1.165) is 11.3 Å². The third-order valence-electron chi connectivity index (χ3n) is 1.68. The van der Waals surface area contributed by atoms with Crippen LogP contribution in [0.3, 0.4) is 0 Å². The van der Waals surface area contributed by atoms with Crippen molar-refractivity contribution in [1.29, 1.82) is 0 Å². The van der Waals surface area contributed by atoms with Gasteiger partial charge in [-0.1, -0.05) is 11.8 Å². The Morgan fingerprint density at radius 3 is 2.93 bits per heavy atom. The van der Waals surface area contributed by atoms with Crippen LogP contribution in [0, 0.1) is 18.8 Å². The van der Waals surface area contributed by atoms with Crippen molar-refractivity contribution in [2.75, 3.05) is 6.61 Å². The lowest BCUT2D eigenvalue weighted by molar-refractivity contribution is -0.141. The minimum atomic E-state index is -0.287. The van der Waals surface area contributed by atoms with Crippen LogP contribution in [0.15, 0.2) is 18.3 Å². The summed E-state index contributed by atoms with van der Waals surface area (Å²) in [5, 5.41) is 0. The fraction of sp³-hybridized carbons (Fsp3) is 0.333. The van der Waals surface area contributed by atoms with Crippen LogP contribution >= 0.6 is 0 Å². The molecular formula is C12H13NO2. The second kappa shape index (κ2) is 5.82. The smallest absolute Gasteiger partial charge is 0.317 e. The van der Waals surface area contributed by atoms with Gasteiger partial charge in [0, 0.05) is 17.5 Å². The molecule has 0 aliphatic rings. The average Bonchev–Trinajstić information content (AvgIpc) is 2.21. The molecule has 1 rings (SSSR count). The Balaban J connectivity index is 2.51. The first kappa shape index (κ1) is 11.3.